The Labute approximate surface area is 251 Å². The lowest BCUT2D eigenvalue weighted by Crippen LogP contribution is -2.50. The molecule has 2 aromatic heterocycles. The molecule has 8 nitrogen and oxygen atoms in total. The molecule has 44 heavy (non-hydrogen) atoms. The predicted octanol–water partition coefficient (Wildman–Crippen LogP) is 5.99. The molecule has 0 radical (unpaired) electrons. The number of aliphatic hydroxyl groups excluding tert-OH is 1. The fraction of sp³-hybridized carbons (Fsp3) is 0.406. The molecule has 1 aliphatic heterocycles. The van der Waals surface area contributed by atoms with Crippen LogP contribution in [0.4, 0.5) is 23.4 Å². The minimum Gasteiger partial charge on any atom is -0.375 e. The van der Waals surface area contributed by atoms with Gasteiger partial charge in [0.15, 0.2) is 12.1 Å². The first-order valence-electron chi connectivity index (χ1n) is 14.7. The minimum absolute atomic E-state index is 0.00442. The standard InChI is InChI=1S/C32H32F4N6O2/c1-41-17-38-40-29(41)23-13-21(33)5-6-22(23)20-11-27(19-3-4-19)39-28(12-20)42-14-25-24(30(42)43)9-18(10-26(25)32(34,35)36)15-44-16-31(37)7-2-8-31/h5-6,9-13,17,19,30,43H,2-4,7-8,14-16,37H2,1H3. The number of anilines is 1. The number of nitrogens with zero attached hydrogens (tertiary/aromatic N) is 5. The van der Waals surface area contributed by atoms with Crippen LogP contribution in [0.5, 0.6) is 0 Å². The average molecular weight is 609 g/mol. The summed E-state index contributed by atoms with van der Waals surface area (Å²) in [5, 5.41) is 19.6. The van der Waals surface area contributed by atoms with Crippen LogP contribution in [-0.2, 0) is 31.1 Å². The smallest absolute Gasteiger partial charge is 0.375 e. The zero-order valence-corrected chi connectivity index (χ0v) is 24.1. The second-order valence-corrected chi connectivity index (χ2v) is 12.3. The van der Waals surface area contributed by atoms with Crippen molar-refractivity contribution >= 4 is 5.82 Å². The van der Waals surface area contributed by atoms with Crippen molar-refractivity contribution in [3.05, 3.63) is 82.6 Å². The van der Waals surface area contributed by atoms with Gasteiger partial charge in [-0.2, -0.15) is 13.2 Å². The van der Waals surface area contributed by atoms with Gasteiger partial charge in [0.05, 0.1) is 18.8 Å². The topological polar surface area (TPSA) is 102 Å². The van der Waals surface area contributed by atoms with Crippen LogP contribution >= 0.6 is 0 Å². The summed E-state index contributed by atoms with van der Waals surface area (Å²) < 4.78 is 64.9. The number of halogens is 4. The van der Waals surface area contributed by atoms with Gasteiger partial charge < -0.3 is 25.0 Å². The summed E-state index contributed by atoms with van der Waals surface area (Å²) in [4.78, 5) is 6.29. The van der Waals surface area contributed by atoms with Gasteiger partial charge in [0, 0.05) is 41.9 Å². The highest BCUT2D eigenvalue weighted by Gasteiger charge is 2.41. The third kappa shape index (κ3) is 5.35. The van der Waals surface area contributed by atoms with Gasteiger partial charge in [-0.05, 0) is 90.8 Å². The molecule has 2 aromatic carbocycles. The van der Waals surface area contributed by atoms with E-state index in [1.165, 1.54) is 23.4 Å². The maximum Gasteiger partial charge on any atom is 0.416 e. The zero-order valence-electron chi connectivity index (χ0n) is 24.1. The molecule has 230 valence electrons. The largest absolute Gasteiger partial charge is 0.416 e. The normalized spacial score (nSPS) is 19.2. The summed E-state index contributed by atoms with van der Waals surface area (Å²) >= 11 is 0. The van der Waals surface area contributed by atoms with Gasteiger partial charge in [0.1, 0.15) is 18.0 Å². The fourth-order valence-corrected chi connectivity index (χ4v) is 6.19. The quantitative estimate of drug-likeness (QED) is 0.237. The van der Waals surface area contributed by atoms with E-state index in [2.05, 4.69) is 10.2 Å². The summed E-state index contributed by atoms with van der Waals surface area (Å²) in [6.45, 7) is 0.0377. The van der Waals surface area contributed by atoms with Gasteiger partial charge >= 0.3 is 6.18 Å². The number of benzene rings is 2. The van der Waals surface area contributed by atoms with Gasteiger partial charge in [-0.3, -0.25) is 0 Å². The number of ether oxygens (including phenoxy) is 1. The highest BCUT2D eigenvalue weighted by atomic mass is 19.4. The number of nitrogens with two attached hydrogens (primary N) is 1. The Hall–Kier alpha value is -3.87. The van der Waals surface area contributed by atoms with E-state index in [1.54, 1.807) is 29.8 Å². The van der Waals surface area contributed by atoms with Crippen LogP contribution in [0.15, 0.2) is 48.8 Å². The average Bonchev–Trinajstić information content (AvgIpc) is 3.65. The van der Waals surface area contributed by atoms with E-state index in [0.29, 0.717) is 33.9 Å². The van der Waals surface area contributed by atoms with Crippen molar-refractivity contribution in [1.82, 2.24) is 19.7 Å². The van der Waals surface area contributed by atoms with Gasteiger partial charge in [-0.1, -0.05) is 6.07 Å². The van der Waals surface area contributed by atoms with Crippen LogP contribution < -0.4 is 10.6 Å². The number of aromatic nitrogens is 4. The first-order chi connectivity index (χ1) is 21.0. The molecular weight excluding hydrogens is 576 g/mol. The maximum absolute atomic E-state index is 14.4. The van der Waals surface area contributed by atoms with Crippen LogP contribution in [0.1, 0.15) is 72.2 Å². The van der Waals surface area contributed by atoms with Gasteiger partial charge in [0.2, 0.25) is 0 Å². The first kappa shape index (κ1) is 28.9. The summed E-state index contributed by atoms with van der Waals surface area (Å²) in [6, 6.07) is 10.7. The van der Waals surface area contributed by atoms with Crippen LogP contribution in [0.25, 0.3) is 22.5 Å². The maximum atomic E-state index is 14.4. The van der Waals surface area contributed by atoms with E-state index >= 15 is 0 Å². The monoisotopic (exact) mass is 608 g/mol. The number of rotatable bonds is 8. The molecule has 7 rings (SSSR count). The third-order valence-corrected chi connectivity index (χ3v) is 8.93. The highest BCUT2D eigenvalue weighted by molar-refractivity contribution is 5.82. The molecule has 0 saturated heterocycles. The van der Waals surface area contributed by atoms with Gasteiger partial charge in [-0.15, -0.1) is 10.2 Å². The summed E-state index contributed by atoms with van der Waals surface area (Å²) in [7, 11) is 1.76. The molecule has 4 aromatic rings. The summed E-state index contributed by atoms with van der Waals surface area (Å²) in [5.41, 5.74) is 8.13. The lowest BCUT2D eigenvalue weighted by Gasteiger charge is -2.37. The Bertz CT molecular complexity index is 1730. The number of pyridine rings is 1. The molecular formula is C32H32F4N6O2. The molecule has 1 atom stereocenters. The number of hydrogen-bond acceptors (Lipinski definition) is 7. The minimum atomic E-state index is -4.63. The number of hydrogen-bond donors (Lipinski definition) is 2. The second-order valence-electron chi connectivity index (χ2n) is 12.3. The summed E-state index contributed by atoms with van der Waals surface area (Å²) in [5.74, 6) is 0.553. The van der Waals surface area contributed by atoms with E-state index < -0.39 is 29.3 Å². The lowest BCUT2D eigenvalue weighted by atomic mass is 9.78. The number of alkyl halides is 3. The van der Waals surface area contributed by atoms with Crippen molar-refractivity contribution in [3.63, 3.8) is 0 Å². The first-order valence-corrected chi connectivity index (χ1v) is 14.7. The predicted molar refractivity (Wildman–Crippen MR) is 155 cm³/mol. The molecule has 1 unspecified atom stereocenters. The molecule has 0 amide bonds. The molecule has 3 heterocycles. The Kier molecular flexibility index (Phi) is 6.98. The van der Waals surface area contributed by atoms with Crippen LogP contribution in [0.2, 0.25) is 0 Å². The Morgan fingerprint density at radius 2 is 1.89 bits per heavy atom. The Balaban J connectivity index is 1.26. The lowest BCUT2D eigenvalue weighted by molar-refractivity contribution is -0.138. The van der Waals surface area contributed by atoms with E-state index in [4.69, 9.17) is 15.5 Å². The molecule has 2 fully saturated rings. The Morgan fingerprint density at radius 1 is 1.09 bits per heavy atom. The Morgan fingerprint density at radius 3 is 2.55 bits per heavy atom. The van der Waals surface area contributed by atoms with E-state index in [9.17, 15) is 22.7 Å². The van der Waals surface area contributed by atoms with E-state index in [-0.39, 0.29) is 36.8 Å². The van der Waals surface area contributed by atoms with E-state index in [0.717, 1.165) is 43.9 Å². The van der Waals surface area contributed by atoms with Gasteiger partial charge in [0.25, 0.3) is 0 Å². The van der Waals surface area contributed by atoms with Crippen LogP contribution in [0.3, 0.4) is 0 Å². The van der Waals surface area contributed by atoms with Crippen molar-refractivity contribution in [1.29, 1.82) is 0 Å². The molecule has 0 bridgehead atoms. The number of aliphatic hydroxyl groups is 1. The molecule has 2 aliphatic carbocycles. The van der Waals surface area contributed by atoms with Crippen LogP contribution in [-0.4, -0.2) is 37.0 Å². The van der Waals surface area contributed by atoms with Crippen molar-refractivity contribution in [2.45, 2.75) is 69.1 Å². The van der Waals surface area contributed by atoms with Crippen molar-refractivity contribution in [2.75, 3.05) is 11.5 Å². The van der Waals surface area contributed by atoms with Crippen LogP contribution in [0, 0.1) is 5.82 Å². The molecule has 3 N–H and O–H groups in total. The van der Waals surface area contributed by atoms with E-state index in [1.807, 2.05) is 6.07 Å². The number of aryl methyl sites for hydroxylation is 1. The van der Waals surface area contributed by atoms with Gasteiger partial charge in [-0.25, -0.2) is 9.37 Å². The second kappa shape index (κ2) is 10.6. The fourth-order valence-electron chi connectivity index (χ4n) is 6.19. The summed E-state index contributed by atoms with van der Waals surface area (Å²) in [6.07, 6.45) is 0.0604. The molecule has 2 saturated carbocycles. The molecule has 12 heteroatoms. The molecule has 3 aliphatic rings. The molecule has 0 spiro atoms. The zero-order chi connectivity index (χ0) is 30.8. The van der Waals surface area contributed by atoms with Crippen molar-refractivity contribution in [3.8, 4) is 22.5 Å². The number of fused-ring (bicyclic) bond motifs is 1. The third-order valence-electron chi connectivity index (χ3n) is 8.93. The SMILES string of the molecule is Cn1cnnc1-c1cc(F)ccc1-c1cc(C2CC2)nc(N2Cc3c(cc(COCC4(N)CCC4)cc3C(F)(F)F)C2O)c1. The highest BCUT2D eigenvalue weighted by Crippen LogP contribution is 2.46. The van der Waals surface area contributed by atoms with Crippen molar-refractivity contribution in [2.24, 2.45) is 12.8 Å². The van der Waals surface area contributed by atoms with Crippen molar-refractivity contribution < 1.29 is 27.4 Å².